The van der Waals surface area contributed by atoms with E-state index in [1.54, 1.807) is 0 Å². The largest absolute Gasteiger partial charge is 0.341 e. The maximum atomic E-state index is 6.59. The lowest BCUT2D eigenvalue weighted by atomic mass is 10.00. The molecule has 3 heteroatoms. The first-order valence-electron chi connectivity index (χ1n) is 9.81. The number of nitrogens with zero attached hydrogens (tertiary/aromatic N) is 2. The van der Waals surface area contributed by atoms with Crippen molar-refractivity contribution in [3.8, 4) is 0 Å². The fourth-order valence-corrected chi connectivity index (χ4v) is 4.70. The fraction of sp³-hybridized carbons (Fsp3) is 0.250. The minimum atomic E-state index is 0.800. The molecule has 0 radical (unpaired) electrons. The highest BCUT2D eigenvalue weighted by atomic mass is 35.5. The topological polar surface area (TPSA) is 6.48 Å². The molecule has 0 saturated carbocycles. The molecule has 0 aliphatic carbocycles. The molecule has 0 atom stereocenters. The highest BCUT2D eigenvalue weighted by Crippen LogP contribution is 2.40. The van der Waals surface area contributed by atoms with Gasteiger partial charge in [0.15, 0.2) is 0 Å². The highest BCUT2D eigenvalue weighted by molar-refractivity contribution is 6.31. The Kier molecular flexibility index (Phi) is 4.29. The number of hydrogen-bond acceptors (Lipinski definition) is 2. The van der Waals surface area contributed by atoms with Gasteiger partial charge < -0.3 is 9.80 Å². The molecule has 2 heterocycles. The minimum Gasteiger partial charge on any atom is -0.341 e. The molecule has 2 aliphatic rings. The Balaban J connectivity index is 1.58. The van der Waals surface area contributed by atoms with Gasteiger partial charge in [0.2, 0.25) is 0 Å². The lowest BCUT2D eigenvalue weighted by molar-refractivity contribution is 0.761. The van der Waals surface area contributed by atoms with Crippen molar-refractivity contribution >= 4 is 34.4 Å². The van der Waals surface area contributed by atoms with E-state index in [0.717, 1.165) is 31.0 Å². The van der Waals surface area contributed by atoms with Crippen LogP contribution in [-0.4, -0.2) is 13.1 Å². The molecule has 0 spiro atoms. The van der Waals surface area contributed by atoms with Crippen LogP contribution in [0.2, 0.25) is 5.02 Å². The zero-order chi connectivity index (χ0) is 18.2. The first-order chi connectivity index (χ1) is 13.3. The number of benzene rings is 3. The quantitative estimate of drug-likeness (QED) is 0.504. The molecule has 0 saturated heterocycles. The number of hydrogen-bond donors (Lipinski definition) is 0. The molecule has 2 aliphatic heterocycles. The van der Waals surface area contributed by atoms with Crippen LogP contribution < -0.4 is 9.80 Å². The minimum absolute atomic E-state index is 0.800. The number of halogens is 1. The molecule has 3 aromatic carbocycles. The van der Waals surface area contributed by atoms with E-state index in [2.05, 4.69) is 76.5 Å². The van der Waals surface area contributed by atoms with E-state index in [4.69, 9.17) is 11.6 Å². The SMILES string of the molecule is Clc1cc(N2CCCc3ccccc32)cc(N2CCCc3ccccc32)c1. The van der Waals surface area contributed by atoms with Crippen LogP contribution in [0.1, 0.15) is 24.0 Å². The van der Waals surface area contributed by atoms with E-state index >= 15 is 0 Å². The van der Waals surface area contributed by atoms with Crippen molar-refractivity contribution in [2.75, 3.05) is 22.9 Å². The maximum absolute atomic E-state index is 6.59. The summed E-state index contributed by atoms with van der Waals surface area (Å²) in [6.07, 6.45) is 4.65. The molecule has 0 N–H and O–H groups in total. The van der Waals surface area contributed by atoms with Crippen molar-refractivity contribution in [1.29, 1.82) is 0 Å². The molecule has 3 aromatic rings. The van der Waals surface area contributed by atoms with Gasteiger partial charge in [-0.3, -0.25) is 0 Å². The van der Waals surface area contributed by atoms with Crippen LogP contribution in [0.3, 0.4) is 0 Å². The van der Waals surface area contributed by atoms with Gasteiger partial charge in [-0.2, -0.15) is 0 Å². The third kappa shape index (κ3) is 3.08. The second-order valence-electron chi connectivity index (χ2n) is 7.44. The third-order valence-electron chi connectivity index (χ3n) is 5.71. The number of anilines is 4. The summed E-state index contributed by atoms with van der Waals surface area (Å²) in [5, 5.41) is 0.800. The lowest BCUT2D eigenvalue weighted by Gasteiger charge is -2.34. The smallest absolute Gasteiger partial charge is 0.0447 e. The number of rotatable bonds is 2. The van der Waals surface area contributed by atoms with E-state index in [1.165, 1.54) is 46.7 Å². The third-order valence-corrected chi connectivity index (χ3v) is 5.93. The lowest BCUT2D eigenvalue weighted by Crippen LogP contribution is -2.26. The van der Waals surface area contributed by atoms with Crippen molar-refractivity contribution in [3.63, 3.8) is 0 Å². The number of para-hydroxylation sites is 2. The number of aryl methyl sites for hydroxylation is 2. The predicted molar refractivity (Wildman–Crippen MR) is 115 cm³/mol. The fourth-order valence-electron chi connectivity index (χ4n) is 4.47. The first-order valence-corrected chi connectivity index (χ1v) is 10.2. The van der Waals surface area contributed by atoms with Gasteiger partial charge in [-0.05, 0) is 67.1 Å². The molecule has 0 fully saturated rings. The van der Waals surface area contributed by atoms with Gasteiger partial charge in [0.1, 0.15) is 0 Å². The van der Waals surface area contributed by atoms with Crippen LogP contribution in [0, 0.1) is 0 Å². The standard InChI is InChI=1S/C24H23ClN2/c25-20-15-21(26-13-5-9-18-7-1-3-11-23(18)26)17-22(16-20)27-14-6-10-19-8-2-4-12-24(19)27/h1-4,7-8,11-12,15-17H,5-6,9-10,13-14H2. The van der Waals surface area contributed by atoms with Crippen molar-refractivity contribution in [1.82, 2.24) is 0 Å². The summed E-state index contributed by atoms with van der Waals surface area (Å²) in [6.45, 7) is 2.07. The van der Waals surface area contributed by atoms with Gasteiger partial charge in [-0.15, -0.1) is 0 Å². The molecule has 0 unspecified atom stereocenters. The Bertz CT molecular complexity index is 906. The van der Waals surface area contributed by atoms with Crippen LogP contribution in [0.4, 0.5) is 22.7 Å². The molecular formula is C24H23ClN2. The average Bonchev–Trinajstić information content (AvgIpc) is 2.72. The maximum Gasteiger partial charge on any atom is 0.0447 e. The zero-order valence-electron chi connectivity index (χ0n) is 15.4. The second-order valence-corrected chi connectivity index (χ2v) is 7.87. The van der Waals surface area contributed by atoms with Crippen LogP contribution in [-0.2, 0) is 12.8 Å². The molecule has 0 aromatic heterocycles. The summed E-state index contributed by atoms with van der Waals surface area (Å²) in [5.41, 5.74) is 7.86. The summed E-state index contributed by atoms with van der Waals surface area (Å²) in [7, 11) is 0. The summed E-state index contributed by atoms with van der Waals surface area (Å²) in [4.78, 5) is 4.84. The van der Waals surface area contributed by atoms with E-state index in [-0.39, 0.29) is 0 Å². The van der Waals surface area contributed by atoms with Gasteiger partial charge in [0, 0.05) is 40.9 Å². The van der Waals surface area contributed by atoms with Crippen molar-refractivity contribution in [2.24, 2.45) is 0 Å². The van der Waals surface area contributed by atoms with Crippen LogP contribution >= 0.6 is 11.6 Å². The van der Waals surface area contributed by atoms with Gasteiger partial charge in [0.25, 0.3) is 0 Å². The van der Waals surface area contributed by atoms with Crippen molar-refractivity contribution < 1.29 is 0 Å². The first kappa shape index (κ1) is 16.7. The summed E-state index contributed by atoms with van der Waals surface area (Å²) >= 11 is 6.59. The molecule has 5 rings (SSSR count). The summed E-state index contributed by atoms with van der Waals surface area (Å²) in [5.74, 6) is 0. The Morgan fingerprint density at radius 1 is 0.630 bits per heavy atom. The Hall–Kier alpha value is -2.45. The van der Waals surface area contributed by atoms with E-state index < -0.39 is 0 Å². The second kappa shape index (κ2) is 6.94. The predicted octanol–water partition coefficient (Wildman–Crippen LogP) is 6.51. The summed E-state index contributed by atoms with van der Waals surface area (Å²) in [6, 6.07) is 24.0. The van der Waals surface area contributed by atoms with Crippen LogP contribution in [0.5, 0.6) is 0 Å². The van der Waals surface area contributed by atoms with E-state index in [9.17, 15) is 0 Å². The van der Waals surface area contributed by atoms with Crippen molar-refractivity contribution in [3.05, 3.63) is 82.9 Å². The Labute approximate surface area is 166 Å². The van der Waals surface area contributed by atoms with Gasteiger partial charge in [-0.25, -0.2) is 0 Å². The highest BCUT2D eigenvalue weighted by Gasteiger charge is 2.22. The van der Waals surface area contributed by atoms with Crippen LogP contribution in [0.25, 0.3) is 0 Å². The monoisotopic (exact) mass is 374 g/mol. The van der Waals surface area contributed by atoms with Gasteiger partial charge in [-0.1, -0.05) is 48.0 Å². The van der Waals surface area contributed by atoms with E-state index in [0.29, 0.717) is 0 Å². The average molecular weight is 375 g/mol. The molecule has 27 heavy (non-hydrogen) atoms. The Morgan fingerprint density at radius 3 is 1.63 bits per heavy atom. The van der Waals surface area contributed by atoms with Crippen molar-refractivity contribution in [2.45, 2.75) is 25.7 Å². The summed E-state index contributed by atoms with van der Waals surface area (Å²) < 4.78 is 0. The molecular weight excluding hydrogens is 352 g/mol. The van der Waals surface area contributed by atoms with Gasteiger partial charge >= 0.3 is 0 Å². The molecule has 0 amide bonds. The Morgan fingerprint density at radius 2 is 1.11 bits per heavy atom. The van der Waals surface area contributed by atoms with E-state index in [1.807, 2.05) is 0 Å². The van der Waals surface area contributed by atoms with Gasteiger partial charge in [0.05, 0.1) is 0 Å². The number of fused-ring (bicyclic) bond motifs is 2. The molecule has 0 bridgehead atoms. The van der Waals surface area contributed by atoms with Crippen LogP contribution in [0.15, 0.2) is 66.7 Å². The zero-order valence-corrected chi connectivity index (χ0v) is 16.1. The normalized spacial score (nSPS) is 16.0. The molecule has 136 valence electrons. The molecule has 2 nitrogen and oxygen atoms in total.